The molecule has 1 aromatic carbocycles. The second kappa shape index (κ2) is 8.97. The van der Waals surface area contributed by atoms with Crippen LogP contribution in [0, 0.1) is 12.8 Å². The first kappa shape index (κ1) is 21.3. The molecule has 2 aliphatic heterocycles. The van der Waals surface area contributed by atoms with E-state index in [4.69, 9.17) is 0 Å². The lowest BCUT2D eigenvalue weighted by atomic mass is 9.90. The van der Waals surface area contributed by atoms with E-state index in [1.54, 1.807) is 4.68 Å². The zero-order chi connectivity index (χ0) is 19.7. The first-order chi connectivity index (χ1) is 13.5. The van der Waals surface area contributed by atoms with Gasteiger partial charge >= 0.3 is 0 Å². The summed E-state index contributed by atoms with van der Waals surface area (Å²) in [5.41, 5.74) is 3.29. The highest BCUT2D eigenvalue weighted by Gasteiger charge is 2.35. The van der Waals surface area contributed by atoms with Crippen molar-refractivity contribution in [1.82, 2.24) is 20.0 Å². The molecule has 2 amide bonds. The third-order valence-corrected chi connectivity index (χ3v) is 5.92. The number of amides is 2. The summed E-state index contributed by atoms with van der Waals surface area (Å²) in [4.78, 5) is 27.7. The molecule has 8 heteroatoms. The zero-order valence-electron chi connectivity index (χ0n) is 16.9. The van der Waals surface area contributed by atoms with Gasteiger partial charge in [-0.15, -0.1) is 12.4 Å². The van der Waals surface area contributed by atoms with E-state index in [1.807, 2.05) is 49.5 Å². The van der Waals surface area contributed by atoms with Gasteiger partial charge in [-0.3, -0.25) is 14.3 Å². The number of carbonyl (C=O) groups is 2. The van der Waals surface area contributed by atoms with E-state index in [1.165, 1.54) is 0 Å². The van der Waals surface area contributed by atoms with Crippen molar-refractivity contribution in [3.8, 4) is 0 Å². The van der Waals surface area contributed by atoms with Crippen molar-refractivity contribution in [2.45, 2.75) is 25.7 Å². The second-order valence-corrected chi connectivity index (χ2v) is 7.79. The minimum atomic E-state index is -0.165. The number of carbonyl (C=O) groups excluding carboxylic acids is 2. The molecule has 2 N–H and O–H groups in total. The predicted octanol–water partition coefficient (Wildman–Crippen LogP) is 2.33. The van der Waals surface area contributed by atoms with Gasteiger partial charge in [0.15, 0.2) is 0 Å². The van der Waals surface area contributed by atoms with Crippen LogP contribution in [0.5, 0.6) is 0 Å². The fraction of sp³-hybridized carbons (Fsp3) is 0.476. The highest BCUT2D eigenvalue weighted by atomic mass is 35.5. The smallest absolute Gasteiger partial charge is 0.254 e. The van der Waals surface area contributed by atoms with Gasteiger partial charge < -0.3 is 15.5 Å². The minimum absolute atomic E-state index is 0. The van der Waals surface area contributed by atoms with E-state index in [0.29, 0.717) is 17.8 Å². The molecular formula is C21H28ClN5O2. The Bertz CT molecular complexity index is 891. The van der Waals surface area contributed by atoms with Gasteiger partial charge in [0.1, 0.15) is 0 Å². The number of nitrogens with one attached hydrogen (secondary N) is 2. The van der Waals surface area contributed by atoms with Crippen molar-refractivity contribution in [2.75, 3.05) is 31.5 Å². The lowest BCUT2D eigenvalue weighted by Crippen LogP contribution is -2.30. The molecule has 156 valence electrons. The van der Waals surface area contributed by atoms with Gasteiger partial charge in [0.2, 0.25) is 5.91 Å². The molecule has 0 unspecified atom stereocenters. The van der Waals surface area contributed by atoms with Gasteiger partial charge in [-0.25, -0.2) is 0 Å². The van der Waals surface area contributed by atoms with E-state index in [9.17, 15) is 9.59 Å². The lowest BCUT2D eigenvalue weighted by Gasteiger charge is -2.20. The number of aryl methyl sites for hydroxylation is 1. The molecule has 7 nitrogen and oxygen atoms in total. The number of nitrogens with zero attached hydrogens (tertiary/aromatic N) is 3. The number of rotatable bonds is 4. The third kappa shape index (κ3) is 4.31. The van der Waals surface area contributed by atoms with Crippen LogP contribution in [-0.2, 0) is 11.8 Å². The zero-order valence-corrected chi connectivity index (χ0v) is 17.7. The molecule has 0 radical (unpaired) electrons. The maximum absolute atomic E-state index is 13.0. The van der Waals surface area contributed by atoms with Crippen molar-refractivity contribution >= 4 is 29.9 Å². The monoisotopic (exact) mass is 417 g/mol. The van der Waals surface area contributed by atoms with E-state index in [2.05, 4.69) is 15.7 Å². The summed E-state index contributed by atoms with van der Waals surface area (Å²) in [6, 6.07) is 5.56. The molecule has 4 rings (SSSR count). The summed E-state index contributed by atoms with van der Waals surface area (Å²) >= 11 is 0. The Balaban J connectivity index is 0.00000240. The summed E-state index contributed by atoms with van der Waals surface area (Å²) < 4.78 is 1.76. The SMILES string of the molecule is Cc1c(NC(=O)[C@H]2CNC[C@@H]2c2cnn(C)c2)cccc1C(=O)N1CCCC1.Cl. The number of aromatic nitrogens is 2. The molecule has 2 aromatic rings. The molecule has 3 heterocycles. The summed E-state index contributed by atoms with van der Waals surface area (Å²) in [7, 11) is 1.88. The average molecular weight is 418 g/mol. The topological polar surface area (TPSA) is 79.3 Å². The molecule has 2 aliphatic rings. The number of hydrogen-bond acceptors (Lipinski definition) is 4. The number of benzene rings is 1. The first-order valence-corrected chi connectivity index (χ1v) is 9.93. The van der Waals surface area contributed by atoms with Crippen LogP contribution in [0.4, 0.5) is 5.69 Å². The molecule has 1 aromatic heterocycles. The van der Waals surface area contributed by atoms with Gasteiger partial charge in [0.05, 0.1) is 12.1 Å². The van der Waals surface area contributed by atoms with Crippen molar-refractivity contribution in [3.63, 3.8) is 0 Å². The maximum atomic E-state index is 13.0. The van der Waals surface area contributed by atoms with Crippen molar-refractivity contribution in [3.05, 3.63) is 47.3 Å². The Kier molecular flexibility index (Phi) is 6.59. The Labute approximate surface area is 177 Å². The largest absolute Gasteiger partial charge is 0.339 e. The fourth-order valence-electron chi connectivity index (χ4n) is 4.25. The highest BCUT2D eigenvalue weighted by Crippen LogP contribution is 2.30. The van der Waals surface area contributed by atoms with Crippen LogP contribution in [0.25, 0.3) is 0 Å². The summed E-state index contributed by atoms with van der Waals surface area (Å²) in [5, 5.41) is 10.6. The molecule has 0 bridgehead atoms. The van der Waals surface area contributed by atoms with Crippen LogP contribution in [-0.4, -0.2) is 52.7 Å². The van der Waals surface area contributed by atoms with Crippen molar-refractivity contribution < 1.29 is 9.59 Å². The molecule has 2 saturated heterocycles. The molecule has 29 heavy (non-hydrogen) atoms. The van der Waals surface area contributed by atoms with Crippen LogP contribution in [0.1, 0.15) is 40.2 Å². The maximum Gasteiger partial charge on any atom is 0.254 e. The van der Waals surface area contributed by atoms with Crippen molar-refractivity contribution in [2.24, 2.45) is 13.0 Å². The molecule has 0 spiro atoms. The quantitative estimate of drug-likeness (QED) is 0.800. The van der Waals surface area contributed by atoms with Gasteiger partial charge in [-0.1, -0.05) is 6.07 Å². The summed E-state index contributed by atoms with van der Waals surface area (Å²) in [5.74, 6) is -0.0282. The van der Waals surface area contributed by atoms with Gasteiger partial charge in [-0.05, 0) is 43.0 Å². The van der Waals surface area contributed by atoms with Gasteiger partial charge in [0, 0.05) is 56.6 Å². The van der Waals surface area contributed by atoms with Crippen molar-refractivity contribution in [1.29, 1.82) is 0 Å². The molecular weight excluding hydrogens is 390 g/mol. The van der Waals surface area contributed by atoms with Crippen LogP contribution in [0.15, 0.2) is 30.6 Å². The molecule has 0 saturated carbocycles. The van der Waals surface area contributed by atoms with Crippen LogP contribution in [0.2, 0.25) is 0 Å². The highest BCUT2D eigenvalue weighted by molar-refractivity contribution is 6.00. The molecule has 0 aliphatic carbocycles. The van der Waals surface area contributed by atoms with Crippen LogP contribution in [0.3, 0.4) is 0 Å². The standard InChI is InChI=1S/C21H27N5O2.ClH/c1-14-16(21(28)26-8-3-4-9-26)6-5-7-19(14)24-20(27)18-12-22-11-17(18)15-10-23-25(2)13-15;/h5-7,10,13,17-18,22H,3-4,8-9,11-12H2,1-2H3,(H,24,27);1H/t17-,18+;/m1./s1. The number of anilines is 1. The van der Waals surface area contributed by atoms with E-state index in [-0.39, 0.29) is 36.1 Å². The number of likely N-dealkylation sites (tertiary alicyclic amines) is 1. The molecule has 2 atom stereocenters. The number of halogens is 1. The Morgan fingerprint density at radius 2 is 1.97 bits per heavy atom. The van der Waals surface area contributed by atoms with E-state index >= 15 is 0 Å². The lowest BCUT2D eigenvalue weighted by molar-refractivity contribution is -0.119. The fourth-order valence-corrected chi connectivity index (χ4v) is 4.25. The minimum Gasteiger partial charge on any atom is -0.339 e. The van der Waals surface area contributed by atoms with Gasteiger partial charge in [0.25, 0.3) is 5.91 Å². The normalized spacial score (nSPS) is 21.1. The average Bonchev–Trinajstić information content (AvgIpc) is 3.44. The van der Waals surface area contributed by atoms with E-state index in [0.717, 1.165) is 43.6 Å². The third-order valence-electron chi connectivity index (χ3n) is 5.92. The Morgan fingerprint density at radius 3 is 2.66 bits per heavy atom. The van der Waals surface area contributed by atoms with Crippen LogP contribution < -0.4 is 10.6 Å². The second-order valence-electron chi connectivity index (χ2n) is 7.79. The van der Waals surface area contributed by atoms with E-state index < -0.39 is 0 Å². The van der Waals surface area contributed by atoms with Crippen LogP contribution >= 0.6 is 12.4 Å². The predicted molar refractivity (Wildman–Crippen MR) is 115 cm³/mol. The molecule has 2 fully saturated rings. The Morgan fingerprint density at radius 1 is 1.21 bits per heavy atom. The number of hydrogen-bond donors (Lipinski definition) is 2. The first-order valence-electron chi connectivity index (χ1n) is 9.93. The Hall–Kier alpha value is -2.38. The van der Waals surface area contributed by atoms with Gasteiger partial charge in [-0.2, -0.15) is 5.10 Å². The summed E-state index contributed by atoms with van der Waals surface area (Å²) in [6.07, 6.45) is 5.92. The summed E-state index contributed by atoms with van der Waals surface area (Å²) in [6.45, 7) is 4.93.